The first-order valence-electron chi connectivity index (χ1n) is 11.5. The van der Waals surface area contributed by atoms with Crippen molar-refractivity contribution < 1.29 is 28.7 Å². The predicted octanol–water partition coefficient (Wildman–Crippen LogP) is 4.76. The lowest BCUT2D eigenvalue weighted by Crippen LogP contribution is -2.54. The van der Waals surface area contributed by atoms with Gasteiger partial charge in [0.2, 0.25) is 0 Å². The Morgan fingerprint density at radius 2 is 1.76 bits per heavy atom. The van der Waals surface area contributed by atoms with E-state index >= 15 is 0 Å². The lowest BCUT2D eigenvalue weighted by Gasteiger charge is -2.27. The molecule has 0 bridgehead atoms. The molecule has 2 N–H and O–H groups in total. The van der Waals surface area contributed by atoms with Crippen LogP contribution in [0.15, 0.2) is 70.7 Å². The van der Waals surface area contributed by atoms with Gasteiger partial charge in [-0.1, -0.05) is 34.1 Å². The maximum atomic E-state index is 13.3. The molecule has 0 spiro atoms. The van der Waals surface area contributed by atoms with Crippen LogP contribution in [-0.4, -0.2) is 37.5 Å². The summed E-state index contributed by atoms with van der Waals surface area (Å²) in [5.41, 5.74) is 2.81. The van der Waals surface area contributed by atoms with Crippen molar-refractivity contribution in [3.05, 3.63) is 87.4 Å². The first kappa shape index (κ1) is 26.6. The third-order valence-electron chi connectivity index (χ3n) is 5.86. The van der Waals surface area contributed by atoms with Crippen molar-refractivity contribution in [2.45, 2.75) is 13.8 Å². The summed E-state index contributed by atoms with van der Waals surface area (Å²) in [6.07, 6.45) is 1.33. The zero-order chi connectivity index (χ0) is 27.4. The van der Waals surface area contributed by atoms with E-state index in [4.69, 9.17) is 9.47 Å². The summed E-state index contributed by atoms with van der Waals surface area (Å²) < 4.78 is 11.6. The zero-order valence-corrected chi connectivity index (χ0v) is 22.4. The number of methoxy groups -OCH3 is 1. The molecule has 1 fully saturated rings. The number of amides is 5. The fourth-order valence-electron chi connectivity index (χ4n) is 3.75. The van der Waals surface area contributed by atoms with Gasteiger partial charge in [-0.25, -0.2) is 9.69 Å². The molecule has 0 aliphatic carbocycles. The number of halogens is 1. The van der Waals surface area contributed by atoms with Gasteiger partial charge < -0.3 is 14.8 Å². The largest absolute Gasteiger partial charge is 0.495 e. The highest BCUT2D eigenvalue weighted by Crippen LogP contribution is 2.29. The standard InChI is InChI=1S/C28H24BrN3O6/c1-16-8-10-20(12-17(16)2)32-27(35)21(26(34)31-28(32)36)14-18-13-19(29)9-11-23(18)38-15-25(33)30-22-6-4-5-7-24(22)37-3/h4-14H,15H2,1-3H3,(H,30,33)(H,31,34,36)/b21-14-. The summed E-state index contributed by atoms with van der Waals surface area (Å²) in [5.74, 6) is -1.29. The molecule has 5 amide bonds. The monoisotopic (exact) mass is 577 g/mol. The van der Waals surface area contributed by atoms with E-state index in [2.05, 4.69) is 26.6 Å². The van der Waals surface area contributed by atoms with Crippen LogP contribution in [0.1, 0.15) is 16.7 Å². The van der Waals surface area contributed by atoms with Crippen LogP contribution in [0.4, 0.5) is 16.2 Å². The summed E-state index contributed by atoms with van der Waals surface area (Å²) >= 11 is 3.38. The van der Waals surface area contributed by atoms with E-state index in [9.17, 15) is 19.2 Å². The second-order valence-corrected chi connectivity index (χ2v) is 9.36. The Bertz CT molecular complexity index is 1480. The molecule has 1 aliphatic rings. The maximum absolute atomic E-state index is 13.3. The van der Waals surface area contributed by atoms with Crippen molar-refractivity contribution in [1.82, 2.24) is 5.32 Å². The number of anilines is 2. The number of imide groups is 2. The Kier molecular flexibility index (Phi) is 7.92. The van der Waals surface area contributed by atoms with Crippen LogP contribution in [0.3, 0.4) is 0 Å². The van der Waals surface area contributed by atoms with Crippen LogP contribution in [0.25, 0.3) is 6.08 Å². The van der Waals surface area contributed by atoms with Crippen LogP contribution < -0.4 is 25.0 Å². The molecule has 10 heteroatoms. The van der Waals surface area contributed by atoms with Gasteiger partial charge in [0, 0.05) is 10.0 Å². The van der Waals surface area contributed by atoms with Gasteiger partial charge in [0.25, 0.3) is 17.7 Å². The highest BCUT2D eigenvalue weighted by molar-refractivity contribution is 9.10. The van der Waals surface area contributed by atoms with Gasteiger partial charge in [-0.05, 0) is 73.5 Å². The molecule has 3 aromatic rings. The van der Waals surface area contributed by atoms with Gasteiger partial charge in [-0.2, -0.15) is 0 Å². The van der Waals surface area contributed by atoms with Crippen molar-refractivity contribution >= 4 is 57.1 Å². The summed E-state index contributed by atoms with van der Waals surface area (Å²) in [6, 6.07) is 16.2. The second kappa shape index (κ2) is 11.3. The number of para-hydroxylation sites is 2. The predicted molar refractivity (Wildman–Crippen MR) is 146 cm³/mol. The van der Waals surface area contributed by atoms with Crippen LogP contribution in [0.2, 0.25) is 0 Å². The second-order valence-electron chi connectivity index (χ2n) is 8.45. The van der Waals surface area contributed by atoms with E-state index < -0.39 is 23.8 Å². The SMILES string of the molecule is COc1ccccc1NC(=O)COc1ccc(Br)cc1/C=C1/C(=O)NC(=O)N(c2ccc(C)c(C)c2)C1=O. The maximum Gasteiger partial charge on any atom is 0.335 e. The number of rotatable bonds is 7. The smallest absolute Gasteiger partial charge is 0.335 e. The minimum atomic E-state index is -0.834. The molecule has 194 valence electrons. The van der Waals surface area contributed by atoms with Gasteiger partial charge >= 0.3 is 6.03 Å². The highest BCUT2D eigenvalue weighted by atomic mass is 79.9. The number of urea groups is 1. The molecular weight excluding hydrogens is 554 g/mol. The summed E-state index contributed by atoms with van der Waals surface area (Å²) in [6.45, 7) is 3.43. The number of nitrogens with zero attached hydrogens (tertiary/aromatic N) is 1. The third kappa shape index (κ3) is 5.76. The number of carbonyl (C=O) groups excluding carboxylic acids is 4. The van der Waals surface area contributed by atoms with Gasteiger partial charge in [-0.3, -0.25) is 19.7 Å². The Morgan fingerprint density at radius 3 is 2.50 bits per heavy atom. The third-order valence-corrected chi connectivity index (χ3v) is 6.36. The fourth-order valence-corrected chi connectivity index (χ4v) is 4.13. The molecular formula is C28H24BrN3O6. The Morgan fingerprint density at radius 1 is 1.00 bits per heavy atom. The van der Waals surface area contributed by atoms with Crippen molar-refractivity contribution in [2.24, 2.45) is 0 Å². The van der Waals surface area contributed by atoms with Crippen molar-refractivity contribution in [2.75, 3.05) is 23.9 Å². The molecule has 1 saturated heterocycles. The average Bonchev–Trinajstić information content (AvgIpc) is 2.88. The van der Waals surface area contributed by atoms with Crippen molar-refractivity contribution in [3.8, 4) is 11.5 Å². The van der Waals surface area contributed by atoms with Crippen molar-refractivity contribution in [3.63, 3.8) is 0 Å². The Hall–Kier alpha value is -4.44. The topological polar surface area (TPSA) is 114 Å². The zero-order valence-electron chi connectivity index (χ0n) is 20.8. The van der Waals surface area contributed by atoms with Gasteiger partial charge in [0.15, 0.2) is 6.61 Å². The van der Waals surface area contributed by atoms with Gasteiger partial charge in [0.1, 0.15) is 17.1 Å². The molecule has 1 aliphatic heterocycles. The molecule has 0 aromatic heterocycles. The van der Waals surface area contributed by atoms with E-state index in [0.717, 1.165) is 16.0 Å². The molecule has 0 radical (unpaired) electrons. The van der Waals surface area contributed by atoms with E-state index in [1.165, 1.54) is 13.2 Å². The van der Waals surface area contributed by atoms with E-state index in [0.29, 0.717) is 27.2 Å². The number of aryl methyl sites for hydroxylation is 2. The molecule has 9 nitrogen and oxygen atoms in total. The quantitative estimate of drug-likeness (QED) is 0.309. The minimum Gasteiger partial charge on any atom is -0.495 e. The number of barbiturate groups is 1. The van der Waals surface area contributed by atoms with Crippen LogP contribution in [0.5, 0.6) is 11.5 Å². The molecule has 3 aromatic carbocycles. The lowest BCUT2D eigenvalue weighted by molar-refractivity contribution is -0.122. The average molecular weight is 578 g/mol. The number of hydrogen-bond donors (Lipinski definition) is 2. The van der Waals surface area contributed by atoms with Gasteiger partial charge in [0.05, 0.1) is 18.5 Å². The molecule has 0 saturated carbocycles. The lowest BCUT2D eigenvalue weighted by atomic mass is 10.0. The summed E-state index contributed by atoms with van der Waals surface area (Å²) in [4.78, 5) is 52.0. The van der Waals surface area contributed by atoms with E-state index in [1.807, 2.05) is 13.8 Å². The molecule has 1 heterocycles. The Balaban J connectivity index is 1.59. The molecule has 0 unspecified atom stereocenters. The van der Waals surface area contributed by atoms with Gasteiger partial charge in [-0.15, -0.1) is 0 Å². The number of carbonyl (C=O) groups is 4. The fraction of sp³-hybridized carbons (Fsp3) is 0.143. The van der Waals surface area contributed by atoms with Crippen LogP contribution in [0, 0.1) is 13.8 Å². The highest BCUT2D eigenvalue weighted by Gasteiger charge is 2.37. The van der Waals surface area contributed by atoms with Crippen molar-refractivity contribution in [1.29, 1.82) is 0 Å². The first-order valence-corrected chi connectivity index (χ1v) is 12.3. The van der Waals surface area contributed by atoms with Crippen LogP contribution >= 0.6 is 15.9 Å². The number of ether oxygens (including phenoxy) is 2. The summed E-state index contributed by atoms with van der Waals surface area (Å²) in [7, 11) is 1.50. The van der Waals surface area contributed by atoms with E-state index in [-0.39, 0.29) is 17.9 Å². The number of nitrogens with one attached hydrogen (secondary N) is 2. The molecule has 4 rings (SSSR count). The normalized spacial score (nSPS) is 14.4. The summed E-state index contributed by atoms with van der Waals surface area (Å²) in [5, 5.41) is 4.93. The van der Waals surface area contributed by atoms with E-state index in [1.54, 1.807) is 60.7 Å². The number of benzene rings is 3. The minimum absolute atomic E-state index is 0.256. The molecule has 38 heavy (non-hydrogen) atoms. The molecule has 0 atom stereocenters. The Labute approximate surface area is 227 Å². The van der Waals surface area contributed by atoms with Crippen LogP contribution in [-0.2, 0) is 14.4 Å². The number of hydrogen-bond acceptors (Lipinski definition) is 6. The first-order chi connectivity index (χ1) is 18.2.